The zero-order valence-corrected chi connectivity index (χ0v) is 17.1. The van der Waals surface area contributed by atoms with Crippen LogP contribution < -0.4 is 5.32 Å². The zero-order chi connectivity index (χ0) is 20.8. The van der Waals surface area contributed by atoms with Gasteiger partial charge in [-0.05, 0) is 36.2 Å². The second-order valence-corrected chi connectivity index (χ2v) is 7.58. The van der Waals surface area contributed by atoms with Gasteiger partial charge in [-0.2, -0.15) is 0 Å². The van der Waals surface area contributed by atoms with E-state index in [2.05, 4.69) is 10.2 Å². The van der Waals surface area contributed by atoms with Crippen molar-refractivity contribution in [2.75, 3.05) is 31.5 Å². The van der Waals surface area contributed by atoms with Crippen molar-refractivity contribution in [3.8, 4) is 5.75 Å². The molecular weight excluding hydrogens is 366 g/mol. The van der Waals surface area contributed by atoms with Crippen LogP contribution in [0.3, 0.4) is 0 Å². The predicted molar refractivity (Wildman–Crippen MR) is 114 cm³/mol. The Hall–Kier alpha value is -2.86. The van der Waals surface area contributed by atoms with Crippen LogP contribution in [-0.4, -0.2) is 52.9 Å². The first-order chi connectivity index (χ1) is 14.0. The van der Waals surface area contributed by atoms with E-state index in [1.807, 2.05) is 43.0 Å². The summed E-state index contributed by atoms with van der Waals surface area (Å²) in [6.45, 7) is 7.39. The number of hydrogen-bond acceptors (Lipinski definition) is 4. The Labute approximate surface area is 172 Å². The van der Waals surface area contributed by atoms with Crippen molar-refractivity contribution < 1.29 is 14.7 Å². The molecule has 0 bridgehead atoms. The van der Waals surface area contributed by atoms with Gasteiger partial charge in [-0.15, -0.1) is 0 Å². The number of hydrogen-bond donors (Lipinski definition) is 2. The number of amides is 2. The van der Waals surface area contributed by atoms with Crippen LogP contribution in [0.4, 0.5) is 5.69 Å². The van der Waals surface area contributed by atoms with E-state index in [0.717, 1.165) is 31.6 Å². The predicted octanol–water partition coefficient (Wildman–Crippen LogP) is 3.33. The van der Waals surface area contributed by atoms with E-state index in [4.69, 9.17) is 0 Å². The molecule has 2 aromatic rings. The van der Waals surface area contributed by atoms with Crippen molar-refractivity contribution in [3.63, 3.8) is 0 Å². The monoisotopic (exact) mass is 395 g/mol. The van der Waals surface area contributed by atoms with Gasteiger partial charge in [0.1, 0.15) is 5.75 Å². The van der Waals surface area contributed by atoms with E-state index < -0.39 is 0 Å². The summed E-state index contributed by atoms with van der Waals surface area (Å²) in [6, 6.07) is 14.5. The molecule has 1 fully saturated rings. The second-order valence-electron chi connectivity index (χ2n) is 7.58. The van der Waals surface area contributed by atoms with Crippen LogP contribution in [0.2, 0.25) is 0 Å². The number of piperazine rings is 1. The highest BCUT2D eigenvalue weighted by molar-refractivity contribution is 6.04. The van der Waals surface area contributed by atoms with Crippen LogP contribution in [0.5, 0.6) is 5.75 Å². The number of benzene rings is 2. The lowest BCUT2D eigenvalue weighted by Gasteiger charge is -2.35. The molecule has 6 nitrogen and oxygen atoms in total. The van der Waals surface area contributed by atoms with Crippen molar-refractivity contribution in [1.29, 1.82) is 0 Å². The first-order valence-corrected chi connectivity index (χ1v) is 10.2. The number of nitrogens with one attached hydrogen (secondary N) is 1. The number of nitrogens with zero attached hydrogens (tertiary/aromatic N) is 2. The summed E-state index contributed by atoms with van der Waals surface area (Å²) in [7, 11) is 0. The number of aromatic hydroxyl groups is 1. The second kappa shape index (κ2) is 9.56. The van der Waals surface area contributed by atoms with Crippen LogP contribution in [-0.2, 0) is 11.3 Å². The molecule has 2 amide bonds. The molecule has 1 aliphatic rings. The molecule has 1 aliphatic heterocycles. The quantitative estimate of drug-likeness (QED) is 0.787. The van der Waals surface area contributed by atoms with Gasteiger partial charge in [0.2, 0.25) is 5.91 Å². The third-order valence-corrected chi connectivity index (χ3v) is 5.45. The van der Waals surface area contributed by atoms with Crippen molar-refractivity contribution in [3.05, 3.63) is 59.7 Å². The molecule has 1 heterocycles. The van der Waals surface area contributed by atoms with E-state index in [1.165, 1.54) is 0 Å². The molecule has 154 valence electrons. The molecule has 0 saturated carbocycles. The Kier molecular flexibility index (Phi) is 6.88. The van der Waals surface area contributed by atoms with Gasteiger partial charge in [-0.25, -0.2) is 0 Å². The number of phenols is 1. The van der Waals surface area contributed by atoms with Gasteiger partial charge in [0.05, 0.1) is 11.3 Å². The Bertz CT molecular complexity index is 860. The number of rotatable bonds is 6. The SMILES string of the molecule is CCC(C)C(=O)Nc1ccccc1C(=O)N1CCN(Cc2cccc(O)c2)CC1. The fourth-order valence-corrected chi connectivity index (χ4v) is 3.41. The minimum Gasteiger partial charge on any atom is -0.508 e. The van der Waals surface area contributed by atoms with Gasteiger partial charge in [0.25, 0.3) is 5.91 Å². The van der Waals surface area contributed by atoms with E-state index in [-0.39, 0.29) is 23.5 Å². The van der Waals surface area contributed by atoms with E-state index in [0.29, 0.717) is 24.3 Å². The summed E-state index contributed by atoms with van der Waals surface area (Å²) < 4.78 is 0. The lowest BCUT2D eigenvalue weighted by Crippen LogP contribution is -2.48. The lowest BCUT2D eigenvalue weighted by atomic mass is 10.1. The number of anilines is 1. The minimum absolute atomic E-state index is 0.0537. The Morgan fingerprint density at radius 3 is 2.48 bits per heavy atom. The summed E-state index contributed by atoms with van der Waals surface area (Å²) in [6.07, 6.45) is 0.753. The van der Waals surface area contributed by atoms with Gasteiger partial charge in [0, 0.05) is 38.6 Å². The van der Waals surface area contributed by atoms with E-state index in [1.54, 1.807) is 24.3 Å². The number of carbonyl (C=O) groups is 2. The highest BCUT2D eigenvalue weighted by atomic mass is 16.3. The molecule has 2 N–H and O–H groups in total. The van der Waals surface area contributed by atoms with Crippen LogP contribution in [0.1, 0.15) is 36.2 Å². The summed E-state index contributed by atoms with van der Waals surface area (Å²) in [5.41, 5.74) is 2.17. The summed E-state index contributed by atoms with van der Waals surface area (Å²) >= 11 is 0. The van der Waals surface area contributed by atoms with Crippen molar-refractivity contribution in [2.24, 2.45) is 5.92 Å². The number of para-hydroxylation sites is 1. The Morgan fingerprint density at radius 2 is 1.79 bits per heavy atom. The molecule has 0 radical (unpaired) electrons. The number of carbonyl (C=O) groups excluding carboxylic acids is 2. The van der Waals surface area contributed by atoms with Gasteiger partial charge in [-0.1, -0.05) is 38.1 Å². The van der Waals surface area contributed by atoms with Crippen molar-refractivity contribution in [2.45, 2.75) is 26.8 Å². The smallest absolute Gasteiger partial charge is 0.256 e. The number of phenolic OH excluding ortho intramolecular Hbond substituents is 1. The van der Waals surface area contributed by atoms with Crippen molar-refractivity contribution in [1.82, 2.24) is 9.80 Å². The molecule has 29 heavy (non-hydrogen) atoms. The average Bonchev–Trinajstić information content (AvgIpc) is 2.73. The lowest BCUT2D eigenvalue weighted by molar-refractivity contribution is -0.119. The van der Waals surface area contributed by atoms with E-state index >= 15 is 0 Å². The van der Waals surface area contributed by atoms with Gasteiger partial charge >= 0.3 is 0 Å². The maximum atomic E-state index is 13.1. The van der Waals surface area contributed by atoms with Crippen LogP contribution >= 0.6 is 0 Å². The maximum absolute atomic E-state index is 13.1. The normalized spacial score (nSPS) is 15.7. The van der Waals surface area contributed by atoms with Crippen LogP contribution in [0, 0.1) is 5.92 Å². The van der Waals surface area contributed by atoms with Gasteiger partial charge < -0.3 is 15.3 Å². The fraction of sp³-hybridized carbons (Fsp3) is 0.391. The third-order valence-electron chi connectivity index (χ3n) is 5.45. The van der Waals surface area contributed by atoms with E-state index in [9.17, 15) is 14.7 Å². The summed E-state index contributed by atoms with van der Waals surface area (Å²) in [4.78, 5) is 29.5. The Balaban J connectivity index is 1.61. The molecule has 0 aromatic heterocycles. The van der Waals surface area contributed by atoms with Gasteiger partial charge in [0.15, 0.2) is 0 Å². The molecule has 1 atom stereocenters. The average molecular weight is 396 g/mol. The molecule has 2 aromatic carbocycles. The molecule has 0 aliphatic carbocycles. The van der Waals surface area contributed by atoms with Crippen molar-refractivity contribution >= 4 is 17.5 Å². The molecule has 0 spiro atoms. The minimum atomic E-state index is -0.0980. The molecule has 1 unspecified atom stereocenters. The molecule has 1 saturated heterocycles. The molecule has 3 rings (SSSR count). The highest BCUT2D eigenvalue weighted by Gasteiger charge is 2.24. The summed E-state index contributed by atoms with van der Waals surface area (Å²) in [5, 5.41) is 12.5. The highest BCUT2D eigenvalue weighted by Crippen LogP contribution is 2.20. The maximum Gasteiger partial charge on any atom is 0.256 e. The first kappa shape index (κ1) is 20.9. The topological polar surface area (TPSA) is 72.9 Å². The van der Waals surface area contributed by atoms with Crippen LogP contribution in [0.25, 0.3) is 0 Å². The van der Waals surface area contributed by atoms with Gasteiger partial charge in [-0.3, -0.25) is 14.5 Å². The fourth-order valence-electron chi connectivity index (χ4n) is 3.41. The molecular formula is C23H29N3O3. The summed E-state index contributed by atoms with van der Waals surface area (Å²) in [5.74, 6) is 0.0530. The third kappa shape index (κ3) is 5.35. The van der Waals surface area contributed by atoms with Crippen LogP contribution in [0.15, 0.2) is 48.5 Å². The Morgan fingerprint density at radius 1 is 1.07 bits per heavy atom. The first-order valence-electron chi connectivity index (χ1n) is 10.2. The zero-order valence-electron chi connectivity index (χ0n) is 17.1. The standard InChI is InChI=1S/C23H29N3O3/c1-3-17(2)22(28)24-21-10-5-4-9-20(21)23(29)26-13-11-25(12-14-26)16-18-7-6-8-19(27)15-18/h4-10,15,17,27H,3,11-14,16H2,1-2H3,(H,24,28). The molecule has 6 heteroatoms. The largest absolute Gasteiger partial charge is 0.508 e.